The van der Waals surface area contributed by atoms with Crippen LogP contribution in [0, 0.1) is 0 Å². The van der Waals surface area contributed by atoms with E-state index < -0.39 is 0 Å². The molecule has 2 rings (SSSR count). The number of nitrogens with zero attached hydrogens (tertiary/aromatic N) is 1. The largest absolute Gasteiger partial charge is 0.460 e. The minimum absolute atomic E-state index is 0.116. The van der Waals surface area contributed by atoms with E-state index in [0.717, 1.165) is 16.6 Å². The molecule has 3 nitrogen and oxygen atoms in total. The molecule has 0 radical (unpaired) electrons. The van der Waals surface area contributed by atoms with Crippen molar-refractivity contribution in [3.8, 4) is 0 Å². The number of esters is 1. The Morgan fingerprint density at radius 3 is 2.94 bits per heavy atom. The SMILES string of the molecule is CC1(C)C[C@@H](c2ccnc(Br)c2)CC(=O)O1. The second kappa shape index (κ2) is 4.17. The van der Waals surface area contributed by atoms with Crippen LogP contribution in [0.2, 0.25) is 0 Å². The van der Waals surface area contributed by atoms with Gasteiger partial charge in [-0.15, -0.1) is 0 Å². The van der Waals surface area contributed by atoms with E-state index in [-0.39, 0.29) is 17.5 Å². The van der Waals surface area contributed by atoms with E-state index in [1.54, 1.807) is 6.20 Å². The van der Waals surface area contributed by atoms with Gasteiger partial charge in [0, 0.05) is 6.20 Å². The summed E-state index contributed by atoms with van der Waals surface area (Å²) in [7, 11) is 0. The smallest absolute Gasteiger partial charge is 0.306 e. The molecule has 86 valence electrons. The maximum atomic E-state index is 11.5. The molecule has 16 heavy (non-hydrogen) atoms. The van der Waals surface area contributed by atoms with Crippen LogP contribution < -0.4 is 0 Å². The first-order chi connectivity index (χ1) is 7.46. The zero-order valence-electron chi connectivity index (χ0n) is 9.37. The molecule has 0 aliphatic carbocycles. The van der Waals surface area contributed by atoms with Crippen molar-refractivity contribution in [1.29, 1.82) is 0 Å². The fourth-order valence-electron chi connectivity index (χ4n) is 2.17. The average Bonchev–Trinajstić information content (AvgIpc) is 2.14. The zero-order valence-corrected chi connectivity index (χ0v) is 11.0. The molecule has 0 bridgehead atoms. The topological polar surface area (TPSA) is 39.2 Å². The predicted octanol–water partition coefficient (Wildman–Crippen LogP) is 3.04. The Kier molecular flexibility index (Phi) is 3.02. The number of carbonyl (C=O) groups excluding carboxylic acids is 1. The molecule has 0 saturated carbocycles. The lowest BCUT2D eigenvalue weighted by Gasteiger charge is -2.34. The summed E-state index contributed by atoms with van der Waals surface area (Å²) in [5.74, 6) is 0.115. The summed E-state index contributed by atoms with van der Waals surface area (Å²) in [5.41, 5.74) is 0.780. The van der Waals surface area contributed by atoms with Crippen molar-refractivity contribution in [3.05, 3.63) is 28.5 Å². The van der Waals surface area contributed by atoms with Gasteiger partial charge in [-0.2, -0.15) is 0 Å². The van der Waals surface area contributed by atoms with Crippen LogP contribution in [0.3, 0.4) is 0 Å². The summed E-state index contributed by atoms with van der Waals surface area (Å²) < 4.78 is 6.10. The second-order valence-corrected chi connectivity index (χ2v) is 5.56. The molecule has 1 aromatic heterocycles. The van der Waals surface area contributed by atoms with Crippen LogP contribution in [0.25, 0.3) is 0 Å². The fraction of sp³-hybridized carbons (Fsp3) is 0.500. The quantitative estimate of drug-likeness (QED) is 0.587. The lowest BCUT2D eigenvalue weighted by Crippen LogP contribution is -2.36. The van der Waals surface area contributed by atoms with Gasteiger partial charge in [-0.3, -0.25) is 4.79 Å². The van der Waals surface area contributed by atoms with Gasteiger partial charge in [0.05, 0.1) is 6.42 Å². The monoisotopic (exact) mass is 283 g/mol. The van der Waals surface area contributed by atoms with Gasteiger partial charge >= 0.3 is 5.97 Å². The molecule has 0 N–H and O–H groups in total. The molecule has 2 heterocycles. The van der Waals surface area contributed by atoms with Gasteiger partial charge in [-0.25, -0.2) is 4.98 Å². The Morgan fingerprint density at radius 1 is 1.56 bits per heavy atom. The molecular weight excluding hydrogens is 270 g/mol. The molecule has 1 aliphatic rings. The first-order valence-corrected chi connectivity index (χ1v) is 6.09. The van der Waals surface area contributed by atoms with E-state index in [1.807, 2.05) is 26.0 Å². The average molecular weight is 284 g/mol. The highest BCUT2D eigenvalue weighted by atomic mass is 79.9. The van der Waals surface area contributed by atoms with Crippen LogP contribution in [0.4, 0.5) is 0 Å². The summed E-state index contributed by atoms with van der Waals surface area (Å²) in [5, 5.41) is 0. The molecule has 1 fully saturated rings. The molecule has 1 atom stereocenters. The van der Waals surface area contributed by atoms with E-state index in [0.29, 0.717) is 6.42 Å². The van der Waals surface area contributed by atoms with Crippen molar-refractivity contribution in [2.24, 2.45) is 0 Å². The molecule has 1 aromatic rings. The van der Waals surface area contributed by atoms with Crippen LogP contribution in [0.15, 0.2) is 22.9 Å². The third-order valence-corrected chi connectivity index (χ3v) is 3.20. The lowest BCUT2D eigenvalue weighted by molar-refractivity contribution is -0.164. The van der Waals surface area contributed by atoms with Crippen LogP contribution in [-0.2, 0) is 9.53 Å². The van der Waals surface area contributed by atoms with Crippen LogP contribution in [-0.4, -0.2) is 16.6 Å². The number of halogens is 1. The van der Waals surface area contributed by atoms with E-state index in [2.05, 4.69) is 20.9 Å². The highest BCUT2D eigenvalue weighted by molar-refractivity contribution is 9.10. The molecule has 4 heteroatoms. The third-order valence-electron chi connectivity index (χ3n) is 2.76. The van der Waals surface area contributed by atoms with Gasteiger partial charge in [0.1, 0.15) is 10.2 Å². The van der Waals surface area contributed by atoms with Gasteiger partial charge in [0.25, 0.3) is 0 Å². The Bertz CT molecular complexity index is 417. The highest BCUT2D eigenvalue weighted by Gasteiger charge is 2.34. The first-order valence-electron chi connectivity index (χ1n) is 5.29. The number of carbonyl (C=O) groups is 1. The fourth-order valence-corrected chi connectivity index (χ4v) is 2.55. The summed E-state index contributed by atoms with van der Waals surface area (Å²) >= 11 is 3.35. The Labute approximate surface area is 103 Å². The highest BCUT2D eigenvalue weighted by Crippen LogP contribution is 2.36. The molecule has 1 saturated heterocycles. The lowest BCUT2D eigenvalue weighted by atomic mass is 9.84. The standard InChI is InChI=1S/C12H14BrNO2/c1-12(2)7-9(6-11(15)16-12)8-3-4-14-10(13)5-8/h3-5,9H,6-7H2,1-2H3/t9-/m0/s1. The van der Waals surface area contributed by atoms with Crippen LogP contribution in [0.1, 0.15) is 38.2 Å². The minimum atomic E-state index is -0.365. The van der Waals surface area contributed by atoms with Gasteiger partial charge in [0.15, 0.2) is 0 Å². The number of aromatic nitrogens is 1. The van der Waals surface area contributed by atoms with Crippen molar-refractivity contribution < 1.29 is 9.53 Å². The van der Waals surface area contributed by atoms with E-state index in [4.69, 9.17) is 4.74 Å². The Balaban J connectivity index is 2.24. The summed E-state index contributed by atoms with van der Waals surface area (Å²) in [6.45, 7) is 3.90. The first kappa shape index (κ1) is 11.6. The van der Waals surface area contributed by atoms with Crippen LogP contribution in [0.5, 0.6) is 0 Å². The number of hydrogen-bond donors (Lipinski definition) is 0. The number of cyclic esters (lactones) is 1. The van der Waals surface area contributed by atoms with Gasteiger partial charge in [0.2, 0.25) is 0 Å². The minimum Gasteiger partial charge on any atom is -0.460 e. The maximum absolute atomic E-state index is 11.5. The maximum Gasteiger partial charge on any atom is 0.306 e. The summed E-state index contributed by atoms with van der Waals surface area (Å²) in [6.07, 6.45) is 3.07. The summed E-state index contributed by atoms with van der Waals surface area (Å²) in [6, 6.07) is 3.93. The van der Waals surface area contributed by atoms with Crippen LogP contribution >= 0.6 is 15.9 Å². The van der Waals surface area contributed by atoms with Crippen molar-refractivity contribution in [3.63, 3.8) is 0 Å². The number of hydrogen-bond acceptors (Lipinski definition) is 3. The normalized spacial score (nSPS) is 23.9. The second-order valence-electron chi connectivity index (χ2n) is 4.75. The molecule has 0 aromatic carbocycles. The number of pyridine rings is 1. The van der Waals surface area contributed by atoms with Crippen molar-refractivity contribution >= 4 is 21.9 Å². The van der Waals surface area contributed by atoms with E-state index in [1.165, 1.54) is 0 Å². The molecule has 1 aliphatic heterocycles. The molecular formula is C12H14BrNO2. The van der Waals surface area contributed by atoms with E-state index >= 15 is 0 Å². The van der Waals surface area contributed by atoms with Gasteiger partial charge in [-0.1, -0.05) is 0 Å². The number of rotatable bonds is 1. The Hall–Kier alpha value is -0.900. The van der Waals surface area contributed by atoms with Crippen molar-refractivity contribution in [2.45, 2.75) is 38.2 Å². The van der Waals surface area contributed by atoms with Crippen molar-refractivity contribution in [1.82, 2.24) is 4.98 Å². The number of ether oxygens (including phenoxy) is 1. The zero-order chi connectivity index (χ0) is 11.8. The molecule has 0 spiro atoms. The summed E-state index contributed by atoms with van der Waals surface area (Å²) in [4.78, 5) is 15.6. The van der Waals surface area contributed by atoms with Gasteiger partial charge < -0.3 is 4.74 Å². The van der Waals surface area contributed by atoms with Gasteiger partial charge in [-0.05, 0) is 59.8 Å². The van der Waals surface area contributed by atoms with E-state index in [9.17, 15) is 4.79 Å². The predicted molar refractivity (Wildman–Crippen MR) is 64.1 cm³/mol. The Morgan fingerprint density at radius 2 is 2.31 bits per heavy atom. The molecule has 0 unspecified atom stereocenters. The third kappa shape index (κ3) is 2.61. The van der Waals surface area contributed by atoms with Crippen molar-refractivity contribution in [2.75, 3.05) is 0 Å². The molecule has 0 amide bonds.